The van der Waals surface area contributed by atoms with Crippen molar-refractivity contribution in [2.75, 3.05) is 12.4 Å². The first-order chi connectivity index (χ1) is 9.10. The second-order valence-corrected chi connectivity index (χ2v) is 5.59. The van der Waals surface area contributed by atoms with E-state index in [0.717, 1.165) is 9.26 Å². The quantitative estimate of drug-likeness (QED) is 0.763. The lowest BCUT2D eigenvalue weighted by atomic mass is 10.2. The van der Waals surface area contributed by atoms with Crippen molar-refractivity contribution in [2.24, 2.45) is 0 Å². The van der Waals surface area contributed by atoms with Crippen LogP contribution in [-0.2, 0) is 6.54 Å². The van der Waals surface area contributed by atoms with Crippen molar-refractivity contribution in [3.63, 3.8) is 0 Å². The van der Waals surface area contributed by atoms with Gasteiger partial charge < -0.3 is 10.1 Å². The first-order valence-corrected chi connectivity index (χ1v) is 7.07. The van der Waals surface area contributed by atoms with E-state index in [9.17, 15) is 4.39 Å². The molecule has 0 heterocycles. The van der Waals surface area contributed by atoms with Crippen molar-refractivity contribution < 1.29 is 9.13 Å². The monoisotopic (exact) mass is 391 g/mol. The van der Waals surface area contributed by atoms with Gasteiger partial charge in [0.05, 0.1) is 17.8 Å². The predicted molar refractivity (Wildman–Crippen MR) is 84.4 cm³/mol. The van der Waals surface area contributed by atoms with Crippen molar-refractivity contribution >= 4 is 39.9 Å². The number of benzene rings is 2. The number of nitrogens with one attached hydrogen (secondary N) is 1. The van der Waals surface area contributed by atoms with Gasteiger partial charge in [0, 0.05) is 21.7 Å². The van der Waals surface area contributed by atoms with Crippen molar-refractivity contribution in [1.29, 1.82) is 0 Å². The van der Waals surface area contributed by atoms with Crippen LogP contribution in [-0.4, -0.2) is 7.11 Å². The summed E-state index contributed by atoms with van der Waals surface area (Å²) in [5.74, 6) is 0.210. The molecule has 100 valence electrons. The summed E-state index contributed by atoms with van der Waals surface area (Å²) in [7, 11) is 1.51. The van der Waals surface area contributed by atoms with E-state index < -0.39 is 0 Å². The fourth-order valence-corrected chi connectivity index (χ4v) is 2.54. The summed E-state index contributed by atoms with van der Waals surface area (Å²) in [5.41, 5.74) is 1.35. The Labute approximate surface area is 130 Å². The van der Waals surface area contributed by atoms with Crippen LogP contribution in [0.4, 0.5) is 10.1 Å². The number of rotatable bonds is 4. The zero-order valence-electron chi connectivity index (χ0n) is 10.2. The third kappa shape index (κ3) is 3.73. The van der Waals surface area contributed by atoms with E-state index in [1.165, 1.54) is 13.2 Å². The maximum absolute atomic E-state index is 13.8. The van der Waals surface area contributed by atoms with Gasteiger partial charge in [0.15, 0.2) is 0 Å². The molecule has 0 atom stereocenters. The number of anilines is 1. The largest absolute Gasteiger partial charge is 0.497 e. The maximum atomic E-state index is 13.8. The molecule has 0 amide bonds. The Balaban J connectivity index is 2.10. The lowest BCUT2D eigenvalue weighted by Gasteiger charge is -2.10. The summed E-state index contributed by atoms with van der Waals surface area (Å²) in [5, 5.41) is 3.74. The van der Waals surface area contributed by atoms with Gasteiger partial charge in [-0.1, -0.05) is 17.7 Å². The molecule has 0 aliphatic heterocycles. The number of hydrogen-bond donors (Lipinski definition) is 1. The van der Waals surface area contributed by atoms with Gasteiger partial charge in [-0.15, -0.1) is 0 Å². The molecule has 0 aliphatic carbocycles. The Hall–Kier alpha value is -1.01. The van der Waals surface area contributed by atoms with E-state index in [2.05, 4.69) is 27.9 Å². The summed E-state index contributed by atoms with van der Waals surface area (Å²) >= 11 is 8.29. The first-order valence-electron chi connectivity index (χ1n) is 5.61. The van der Waals surface area contributed by atoms with E-state index >= 15 is 0 Å². The van der Waals surface area contributed by atoms with Gasteiger partial charge >= 0.3 is 0 Å². The minimum Gasteiger partial charge on any atom is -0.497 e. The highest BCUT2D eigenvalue weighted by atomic mass is 127. The molecule has 2 aromatic carbocycles. The number of hydrogen-bond acceptors (Lipinski definition) is 2. The second-order valence-electron chi connectivity index (χ2n) is 3.94. The topological polar surface area (TPSA) is 21.3 Å². The third-order valence-electron chi connectivity index (χ3n) is 2.66. The molecule has 0 bridgehead atoms. The third-order valence-corrected chi connectivity index (χ3v) is 3.64. The average Bonchev–Trinajstić information content (AvgIpc) is 2.39. The molecule has 0 saturated heterocycles. The van der Waals surface area contributed by atoms with Crippen molar-refractivity contribution in [3.05, 3.63) is 56.4 Å². The molecule has 0 saturated carbocycles. The smallest absolute Gasteiger partial charge is 0.131 e. The zero-order chi connectivity index (χ0) is 13.8. The molecule has 2 rings (SSSR count). The van der Waals surface area contributed by atoms with Gasteiger partial charge in [-0.25, -0.2) is 4.39 Å². The minimum atomic E-state index is -0.298. The number of halogens is 3. The van der Waals surface area contributed by atoms with E-state index in [1.54, 1.807) is 12.1 Å². The van der Waals surface area contributed by atoms with E-state index in [0.29, 0.717) is 22.9 Å². The Morgan fingerprint density at radius 2 is 2.05 bits per heavy atom. The van der Waals surface area contributed by atoms with E-state index in [4.69, 9.17) is 16.3 Å². The fourth-order valence-electron chi connectivity index (χ4n) is 1.62. The maximum Gasteiger partial charge on any atom is 0.131 e. The molecule has 0 unspecified atom stereocenters. The Morgan fingerprint density at radius 1 is 1.26 bits per heavy atom. The summed E-state index contributed by atoms with van der Waals surface area (Å²) < 4.78 is 19.8. The number of ether oxygens (including phenoxy) is 1. The molecule has 19 heavy (non-hydrogen) atoms. The molecule has 1 N–H and O–H groups in total. The summed E-state index contributed by atoms with van der Waals surface area (Å²) in [6.45, 7) is 0.371. The van der Waals surface area contributed by atoms with Gasteiger partial charge in [-0.3, -0.25) is 0 Å². The van der Waals surface area contributed by atoms with Crippen LogP contribution in [0.15, 0.2) is 36.4 Å². The standard InChI is InChI=1S/C14H12ClFINO/c1-19-11-4-2-9(13(16)7-11)8-18-14-5-3-10(17)6-12(14)15/h2-7,18H,8H2,1H3. The predicted octanol–water partition coefficient (Wildman–Crippen LogP) is 4.70. The van der Waals surface area contributed by atoms with Gasteiger partial charge in [-0.05, 0) is 46.9 Å². The van der Waals surface area contributed by atoms with Crippen LogP contribution >= 0.6 is 34.2 Å². The highest BCUT2D eigenvalue weighted by Crippen LogP contribution is 2.25. The summed E-state index contributed by atoms with van der Waals surface area (Å²) in [4.78, 5) is 0. The second kappa shape index (κ2) is 6.43. The highest BCUT2D eigenvalue weighted by molar-refractivity contribution is 14.1. The summed E-state index contributed by atoms with van der Waals surface area (Å²) in [6, 6.07) is 10.5. The fraction of sp³-hybridized carbons (Fsp3) is 0.143. The normalized spacial score (nSPS) is 10.3. The van der Waals surface area contributed by atoms with Crippen LogP contribution < -0.4 is 10.1 Å². The first kappa shape index (κ1) is 14.4. The van der Waals surface area contributed by atoms with Crippen LogP contribution in [0.25, 0.3) is 0 Å². The molecule has 2 aromatic rings. The Bertz CT molecular complexity index is 592. The molecule has 0 fully saturated rings. The highest BCUT2D eigenvalue weighted by Gasteiger charge is 2.05. The average molecular weight is 392 g/mol. The number of methoxy groups -OCH3 is 1. The molecule has 5 heteroatoms. The van der Waals surface area contributed by atoms with Crippen LogP contribution in [0.2, 0.25) is 5.02 Å². The van der Waals surface area contributed by atoms with E-state index in [-0.39, 0.29) is 5.82 Å². The minimum absolute atomic E-state index is 0.298. The molecule has 0 aliphatic rings. The summed E-state index contributed by atoms with van der Waals surface area (Å²) in [6.07, 6.45) is 0. The lowest BCUT2D eigenvalue weighted by molar-refractivity contribution is 0.411. The molecular weight excluding hydrogens is 380 g/mol. The van der Waals surface area contributed by atoms with Gasteiger partial charge in [0.25, 0.3) is 0 Å². The van der Waals surface area contributed by atoms with Gasteiger partial charge in [0.2, 0.25) is 0 Å². The zero-order valence-corrected chi connectivity index (χ0v) is 13.1. The van der Waals surface area contributed by atoms with Crippen LogP contribution in [0.1, 0.15) is 5.56 Å². The van der Waals surface area contributed by atoms with Crippen LogP contribution in [0.5, 0.6) is 5.75 Å². The van der Waals surface area contributed by atoms with Crippen LogP contribution in [0, 0.1) is 9.39 Å². The van der Waals surface area contributed by atoms with Crippen molar-refractivity contribution in [2.45, 2.75) is 6.54 Å². The van der Waals surface area contributed by atoms with Crippen LogP contribution in [0.3, 0.4) is 0 Å². The molecule has 0 aromatic heterocycles. The molecule has 0 spiro atoms. The van der Waals surface area contributed by atoms with E-state index in [1.807, 2.05) is 18.2 Å². The van der Waals surface area contributed by atoms with Crippen molar-refractivity contribution in [3.8, 4) is 5.75 Å². The Kier molecular flexibility index (Phi) is 4.87. The van der Waals surface area contributed by atoms with Gasteiger partial charge in [-0.2, -0.15) is 0 Å². The van der Waals surface area contributed by atoms with Gasteiger partial charge in [0.1, 0.15) is 11.6 Å². The molecular formula is C14H12ClFINO. The van der Waals surface area contributed by atoms with Crippen molar-refractivity contribution in [1.82, 2.24) is 0 Å². The Morgan fingerprint density at radius 3 is 2.68 bits per heavy atom. The molecule has 0 radical (unpaired) electrons. The molecule has 2 nitrogen and oxygen atoms in total. The lowest BCUT2D eigenvalue weighted by Crippen LogP contribution is -2.02. The SMILES string of the molecule is COc1ccc(CNc2ccc(I)cc2Cl)c(F)c1.